The van der Waals surface area contributed by atoms with Crippen LogP contribution < -0.4 is 29.0 Å². The fourth-order valence-corrected chi connectivity index (χ4v) is 3.47. The zero-order chi connectivity index (χ0) is 23.5. The summed E-state index contributed by atoms with van der Waals surface area (Å²) in [5.41, 5.74) is 1.70. The average Bonchev–Trinajstić information content (AvgIpc) is 3.52. The molecule has 4 aromatic rings. The SMILES string of the molecule is COc1ccc(OC)c(-c2nnc3ccc(OCCNC(=O)c4ccc5c(c4)OCO5)nn23)c1. The third-order valence-electron chi connectivity index (χ3n) is 5.16. The molecule has 2 aromatic carbocycles. The van der Waals surface area contributed by atoms with Crippen molar-refractivity contribution in [2.75, 3.05) is 34.2 Å². The first kappa shape index (κ1) is 21.3. The molecule has 0 fully saturated rings. The van der Waals surface area contributed by atoms with E-state index in [-0.39, 0.29) is 25.9 Å². The Morgan fingerprint density at radius 3 is 2.76 bits per heavy atom. The van der Waals surface area contributed by atoms with Crippen LogP contribution in [0, 0.1) is 0 Å². The fraction of sp³-hybridized carbons (Fsp3) is 0.217. The molecule has 1 amide bonds. The molecule has 0 saturated carbocycles. The molecule has 1 N–H and O–H groups in total. The molecule has 0 saturated heterocycles. The van der Waals surface area contributed by atoms with Gasteiger partial charge in [0.25, 0.3) is 5.91 Å². The number of methoxy groups -OCH3 is 2. The standard InChI is InChI=1S/C23H21N5O6/c1-30-15-4-6-17(31-2)16(12-15)22-26-25-20-7-8-21(27-28(20)22)32-10-9-24-23(29)14-3-5-18-19(11-14)34-13-33-18/h3-8,11-12H,9-10,13H2,1-2H3,(H,24,29). The van der Waals surface area contributed by atoms with Crippen molar-refractivity contribution in [3.8, 4) is 40.3 Å². The number of nitrogens with one attached hydrogen (secondary N) is 1. The molecule has 0 atom stereocenters. The number of hydrogen-bond acceptors (Lipinski definition) is 9. The zero-order valence-corrected chi connectivity index (χ0v) is 18.5. The predicted octanol–water partition coefficient (Wildman–Crippen LogP) is 2.35. The lowest BCUT2D eigenvalue weighted by atomic mass is 10.2. The molecule has 0 unspecified atom stereocenters. The number of nitrogens with zero attached hydrogens (tertiary/aromatic N) is 4. The quantitative estimate of drug-likeness (QED) is 0.393. The number of benzene rings is 2. The van der Waals surface area contributed by atoms with Crippen molar-refractivity contribution in [2.24, 2.45) is 0 Å². The number of rotatable bonds is 8. The van der Waals surface area contributed by atoms with Gasteiger partial charge in [-0.1, -0.05) is 0 Å². The number of fused-ring (bicyclic) bond motifs is 2. The van der Waals surface area contributed by atoms with E-state index in [2.05, 4.69) is 20.6 Å². The van der Waals surface area contributed by atoms with Gasteiger partial charge in [-0.15, -0.1) is 15.3 Å². The molecule has 0 aliphatic carbocycles. The van der Waals surface area contributed by atoms with Gasteiger partial charge in [0.2, 0.25) is 12.7 Å². The summed E-state index contributed by atoms with van der Waals surface area (Å²) in [6.45, 7) is 0.658. The van der Waals surface area contributed by atoms with Crippen LogP contribution in [0.2, 0.25) is 0 Å². The van der Waals surface area contributed by atoms with E-state index in [1.165, 1.54) is 0 Å². The van der Waals surface area contributed by atoms with Crippen molar-refractivity contribution in [1.29, 1.82) is 0 Å². The summed E-state index contributed by atoms with van der Waals surface area (Å²) >= 11 is 0. The highest BCUT2D eigenvalue weighted by atomic mass is 16.7. The van der Waals surface area contributed by atoms with Gasteiger partial charge in [-0.05, 0) is 42.5 Å². The normalized spacial score (nSPS) is 11.9. The molecule has 11 nitrogen and oxygen atoms in total. The summed E-state index contributed by atoms with van der Waals surface area (Å²) in [4.78, 5) is 12.4. The molecule has 1 aliphatic rings. The molecule has 174 valence electrons. The van der Waals surface area contributed by atoms with Crippen molar-refractivity contribution < 1.29 is 28.5 Å². The number of ether oxygens (including phenoxy) is 5. The van der Waals surface area contributed by atoms with Gasteiger partial charge in [-0.3, -0.25) is 4.79 Å². The van der Waals surface area contributed by atoms with Crippen LogP contribution in [0.4, 0.5) is 0 Å². The summed E-state index contributed by atoms with van der Waals surface area (Å²) in [6, 6.07) is 13.9. The number of carbonyl (C=O) groups is 1. The Morgan fingerprint density at radius 1 is 1.03 bits per heavy atom. The molecule has 0 bridgehead atoms. The van der Waals surface area contributed by atoms with Crippen LogP contribution in [-0.2, 0) is 0 Å². The van der Waals surface area contributed by atoms with Crippen LogP contribution in [0.3, 0.4) is 0 Å². The van der Waals surface area contributed by atoms with Gasteiger partial charge in [0.1, 0.15) is 18.1 Å². The fourth-order valence-electron chi connectivity index (χ4n) is 3.47. The van der Waals surface area contributed by atoms with Crippen LogP contribution in [-0.4, -0.2) is 59.9 Å². The minimum absolute atomic E-state index is 0.157. The summed E-state index contributed by atoms with van der Waals surface area (Å²) < 4.78 is 28.7. The Labute approximate surface area is 194 Å². The predicted molar refractivity (Wildman–Crippen MR) is 120 cm³/mol. The second kappa shape index (κ2) is 9.14. The second-order valence-electron chi connectivity index (χ2n) is 7.20. The van der Waals surface area contributed by atoms with Crippen molar-refractivity contribution in [3.63, 3.8) is 0 Å². The van der Waals surface area contributed by atoms with Gasteiger partial charge in [0, 0.05) is 11.6 Å². The van der Waals surface area contributed by atoms with Crippen LogP contribution in [0.5, 0.6) is 28.9 Å². The summed E-state index contributed by atoms with van der Waals surface area (Å²) in [6.07, 6.45) is 0. The third kappa shape index (κ3) is 4.10. The maximum atomic E-state index is 12.4. The van der Waals surface area contributed by atoms with Crippen molar-refractivity contribution in [1.82, 2.24) is 25.1 Å². The van der Waals surface area contributed by atoms with E-state index < -0.39 is 0 Å². The van der Waals surface area contributed by atoms with Gasteiger partial charge >= 0.3 is 0 Å². The lowest BCUT2D eigenvalue weighted by Crippen LogP contribution is -2.28. The van der Waals surface area contributed by atoms with Gasteiger partial charge < -0.3 is 29.0 Å². The summed E-state index contributed by atoms with van der Waals surface area (Å²) in [7, 11) is 3.16. The van der Waals surface area contributed by atoms with Crippen LogP contribution in [0.1, 0.15) is 10.4 Å². The summed E-state index contributed by atoms with van der Waals surface area (Å²) in [5.74, 6) is 3.03. The second-order valence-corrected chi connectivity index (χ2v) is 7.20. The highest BCUT2D eigenvalue weighted by Crippen LogP contribution is 2.33. The molecule has 0 spiro atoms. The Balaban J connectivity index is 1.26. The molecule has 11 heteroatoms. The summed E-state index contributed by atoms with van der Waals surface area (Å²) in [5, 5.41) is 15.7. The molecule has 0 radical (unpaired) electrons. The number of aromatic nitrogens is 4. The maximum absolute atomic E-state index is 12.4. The van der Waals surface area contributed by atoms with Gasteiger partial charge in [-0.25, -0.2) is 0 Å². The van der Waals surface area contributed by atoms with Crippen molar-refractivity contribution >= 4 is 11.6 Å². The third-order valence-corrected chi connectivity index (χ3v) is 5.16. The van der Waals surface area contributed by atoms with E-state index in [1.54, 1.807) is 67.3 Å². The molecule has 5 rings (SSSR count). The molecule has 2 aromatic heterocycles. The molecular weight excluding hydrogens is 442 g/mol. The minimum atomic E-state index is -0.239. The highest BCUT2D eigenvalue weighted by molar-refractivity contribution is 5.94. The Bertz CT molecular complexity index is 1360. The average molecular weight is 463 g/mol. The minimum Gasteiger partial charge on any atom is -0.497 e. The van der Waals surface area contributed by atoms with Gasteiger partial charge in [-0.2, -0.15) is 4.52 Å². The lowest BCUT2D eigenvalue weighted by molar-refractivity contribution is 0.0946. The van der Waals surface area contributed by atoms with Gasteiger partial charge in [0.05, 0.1) is 26.3 Å². The first-order chi connectivity index (χ1) is 16.7. The molecule has 3 heterocycles. The number of amides is 1. The zero-order valence-electron chi connectivity index (χ0n) is 18.5. The van der Waals surface area contributed by atoms with Crippen LogP contribution in [0.25, 0.3) is 17.0 Å². The van der Waals surface area contributed by atoms with Crippen molar-refractivity contribution in [3.05, 3.63) is 54.1 Å². The van der Waals surface area contributed by atoms with Crippen LogP contribution >= 0.6 is 0 Å². The topological polar surface area (TPSA) is 118 Å². The molecule has 34 heavy (non-hydrogen) atoms. The Kier molecular flexibility index (Phi) is 5.73. The number of carbonyl (C=O) groups excluding carboxylic acids is 1. The first-order valence-electron chi connectivity index (χ1n) is 10.4. The van der Waals surface area contributed by atoms with E-state index in [9.17, 15) is 4.79 Å². The van der Waals surface area contributed by atoms with E-state index in [1.807, 2.05) is 0 Å². The molecule has 1 aliphatic heterocycles. The largest absolute Gasteiger partial charge is 0.497 e. The monoisotopic (exact) mass is 463 g/mol. The number of hydrogen-bond donors (Lipinski definition) is 1. The van der Waals surface area contributed by atoms with Gasteiger partial charge in [0.15, 0.2) is 23.0 Å². The molecular formula is C23H21N5O6. The Hall–Kier alpha value is -4.54. The van der Waals surface area contributed by atoms with E-state index in [0.717, 1.165) is 0 Å². The van der Waals surface area contributed by atoms with E-state index in [0.29, 0.717) is 51.5 Å². The van der Waals surface area contributed by atoms with Crippen LogP contribution in [0.15, 0.2) is 48.5 Å². The first-order valence-corrected chi connectivity index (χ1v) is 10.4. The maximum Gasteiger partial charge on any atom is 0.251 e. The smallest absolute Gasteiger partial charge is 0.251 e. The van der Waals surface area contributed by atoms with E-state index >= 15 is 0 Å². The van der Waals surface area contributed by atoms with E-state index in [4.69, 9.17) is 23.7 Å². The lowest BCUT2D eigenvalue weighted by Gasteiger charge is -2.10. The van der Waals surface area contributed by atoms with Crippen molar-refractivity contribution in [2.45, 2.75) is 0 Å². The Morgan fingerprint density at radius 2 is 1.91 bits per heavy atom. The highest BCUT2D eigenvalue weighted by Gasteiger charge is 2.17.